The highest BCUT2D eigenvalue weighted by molar-refractivity contribution is 7.89. The van der Waals surface area contributed by atoms with Crippen LogP contribution in [0.2, 0.25) is 0 Å². The van der Waals surface area contributed by atoms with Crippen molar-refractivity contribution in [3.8, 4) is 5.75 Å². The predicted molar refractivity (Wildman–Crippen MR) is 81.4 cm³/mol. The van der Waals surface area contributed by atoms with E-state index in [0.29, 0.717) is 12.4 Å². The molecule has 1 rings (SSSR count). The first-order chi connectivity index (χ1) is 9.29. The lowest BCUT2D eigenvalue weighted by Crippen LogP contribution is -2.13. The second-order valence-electron chi connectivity index (χ2n) is 4.95. The number of ether oxygens (including phenoxy) is 1. The lowest BCUT2D eigenvalue weighted by Gasteiger charge is -2.17. The molecule has 0 saturated carbocycles. The topological polar surface area (TPSA) is 69.4 Å². The van der Waals surface area contributed by atoms with Gasteiger partial charge in [0.2, 0.25) is 10.0 Å². The fourth-order valence-corrected chi connectivity index (χ4v) is 2.27. The molecule has 0 radical (unpaired) electrons. The molecule has 1 unspecified atom stereocenters. The van der Waals surface area contributed by atoms with E-state index in [0.717, 1.165) is 24.0 Å². The molecule has 1 aromatic rings. The number of hydrogen-bond acceptors (Lipinski definition) is 3. The molecule has 1 aromatic carbocycles. The summed E-state index contributed by atoms with van der Waals surface area (Å²) in [6, 6.07) is 4.75. The van der Waals surface area contributed by atoms with E-state index in [9.17, 15) is 8.42 Å². The van der Waals surface area contributed by atoms with E-state index in [-0.39, 0.29) is 10.8 Å². The van der Waals surface area contributed by atoms with Crippen LogP contribution in [0.5, 0.6) is 5.75 Å². The molecular weight excluding hydrogens is 274 g/mol. The van der Waals surface area contributed by atoms with Crippen LogP contribution >= 0.6 is 0 Å². The second kappa shape index (κ2) is 6.90. The van der Waals surface area contributed by atoms with Crippen LogP contribution in [0.1, 0.15) is 45.1 Å². The standard InChI is InChI=1S/C15H23NO3S/c1-5-11(3)10-19-15-8-7-13(20(16,17)18)9-14(15)12(4)6-2/h7-9,12H,3,5-6,10H2,1-2,4H3,(H2,16,17,18). The van der Waals surface area contributed by atoms with Crippen molar-refractivity contribution in [2.45, 2.75) is 44.4 Å². The van der Waals surface area contributed by atoms with Gasteiger partial charge in [0.15, 0.2) is 0 Å². The Kier molecular flexibility index (Phi) is 5.77. The molecule has 20 heavy (non-hydrogen) atoms. The Morgan fingerprint density at radius 2 is 2.05 bits per heavy atom. The number of rotatable bonds is 7. The molecule has 2 N–H and O–H groups in total. The Hall–Kier alpha value is -1.33. The van der Waals surface area contributed by atoms with Crippen molar-refractivity contribution in [3.05, 3.63) is 35.9 Å². The summed E-state index contributed by atoms with van der Waals surface area (Å²) in [5.41, 5.74) is 1.86. The molecule has 0 aliphatic rings. The van der Waals surface area contributed by atoms with E-state index in [1.54, 1.807) is 12.1 Å². The quantitative estimate of drug-likeness (QED) is 0.786. The zero-order valence-corrected chi connectivity index (χ0v) is 13.2. The van der Waals surface area contributed by atoms with Crippen LogP contribution in [-0.4, -0.2) is 15.0 Å². The van der Waals surface area contributed by atoms with Crippen LogP contribution in [0.3, 0.4) is 0 Å². The Balaban J connectivity index is 3.14. The van der Waals surface area contributed by atoms with Gasteiger partial charge in [0.25, 0.3) is 0 Å². The van der Waals surface area contributed by atoms with E-state index < -0.39 is 10.0 Å². The molecule has 112 valence electrons. The summed E-state index contributed by atoms with van der Waals surface area (Å²) in [7, 11) is -3.69. The molecule has 0 aliphatic heterocycles. The highest BCUT2D eigenvalue weighted by Crippen LogP contribution is 2.31. The summed E-state index contributed by atoms with van der Waals surface area (Å²) in [5.74, 6) is 0.892. The molecule has 1 atom stereocenters. The van der Waals surface area contributed by atoms with E-state index in [1.807, 2.05) is 20.8 Å². The van der Waals surface area contributed by atoms with E-state index in [2.05, 4.69) is 6.58 Å². The van der Waals surface area contributed by atoms with Gasteiger partial charge in [-0.2, -0.15) is 0 Å². The molecule has 0 aliphatic carbocycles. The minimum Gasteiger partial charge on any atom is -0.489 e. The molecule has 0 fully saturated rings. The summed E-state index contributed by atoms with van der Waals surface area (Å²) in [6.07, 6.45) is 1.74. The molecule has 0 amide bonds. The Morgan fingerprint density at radius 3 is 2.55 bits per heavy atom. The summed E-state index contributed by atoms with van der Waals surface area (Å²) in [5, 5.41) is 5.18. The van der Waals surface area contributed by atoms with E-state index in [1.165, 1.54) is 6.07 Å². The number of sulfonamides is 1. The Labute approximate surface area is 121 Å². The number of primary sulfonamides is 1. The number of hydrogen-bond donors (Lipinski definition) is 1. The van der Waals surface area contributed by atoms with Crippen molar-refractivity contribution in [3.63, 3.8) is 0 Å². The van der Waals surface area contributed by atoms with E-state index in [4.69, 9.17) is 9.88 Å². The molecule has 0 spiro atoms. The molecule has 0 bridgehead atoms. The van der Waals surface area contributed by atoms with Crippen molar-refractivity contribution >= 4 is 10.0 Å². The number of nitrogens with two attached hydrogens (primary N) is 1. The zero-order chi connectivity index (χ0) is 15.3. The van der Waals surface area contributed by atoms with Gasteiger partial charge in [-0.1, -0.05) is 27.4 Å². The maximum atomic E-state index is 11.4. The van der Waals surface area contributed by atoms with Gasteiger partial charge in [0.1, 0.15) is 12.4 Å². The van der Waals surface area contributed by atoms with Crippen molar-refractivity contribution in [2.24, 2.45) is 5.14 Å². The first-order valence-corrected chi connectivity index (χ1v) is 8.30. The fourth-order valence-electron chi connectivity index (χ4n) is 1.72. The molecule has 0 heterocycles. The Bertz CT molecular complexity index is 579. The summed E-state index contributed by atoms with van der Waals surface area (Å²) in [6.45, 7) is 10.4. The van der Waals surface area contributed by atoms with Crippen LogP contribution < -0.4 is 9.88 Å². The minimum absolute atomic E-state index is 0.120. The smallest absolute Gasteiger partial charge is 0.238 e. The monoisotopic (exact) mass is 297 g/mol. The average Bonchev–Trinajstić information content (AvgIpc) is 2.42. The third-order valence-corrected chi connectivity index (χ3v) is 4.30. The van der Waals surface area contributed by atoms with Crippen molar-refractivity contribution in [2.75, 3.05) is 6.61 Å². The summed E-state index contributed by atoms with van der Waals surface area (Å²) >= 11 is 0. The lowest BCUT2D eigenvalue weighted by atomic mass is 9.98. The van der Waals surface area contributed by atoms with Crippen molar-refractivity contribution in [1.29, 1.82) is 0 Å². The van der Waals surface area contributed by atoms with Crippen LogP contribution in [0.4, 0.5) is 0 Å². The molecule has 0 saturated heterocycles. The average molecular weight is 297 g/mol. The maximum absolute atomic E-state index is 11.4. The molecular formula is C15H23NO3S. The SMILES string of the molecule is C=C(CC)COc1ccc(S(N)(=O)=O)cc1C(C)CC. The normalized spacial score (nSPS) is 13.0. The van der Waals surface area contributed by atoms with Crippen molar-refractivity contribution in [1.82, 2.24) is 0 Å². The van der Waals surface area contributed by atoms with Crippen LogP contribution in [-0.2, 0) is 10.0 Å². The van der Waals surface area contributed by atoms with Gasteiger partial charge in [-0.05, 0) is 48.1 Å². The largest absolute Gasteiger partial charge is 0.489 e. The molecule has 4 nitrogen and oxygen atoms in total. The van der Waals surface area contributed by atoms with Crippen LogP contribution in [0, 0.1) is 0 Å². The third-order valence-electron chi connectivity index (χ3n) is 3.38. The second-order valence-corrected chi connectivity index (χ2v) is 6.51. The zero-order valence-electron chi connectivity index (χ0n) is 12.3. The summed E-state index contributed by atoms with van der Waals surface area (Å²) < 4.78 is 28.6. The first-order valence-electron chi connectivity index (χ1n) is 6.75. The minimum atomic E-state index is -3.69. The third kappa shape index (κ3) is 4.35. The van der Waals surface area contributed by atoms with Gasteiger partial charge in [-0.25, -0.2) is 13.6 Å². The Morgan fingerprint density at radius 1 is 1.40 bits per heavy atom. The lowest BCUT2D eigenvalue weighted by molar-refractivity contribution is 0.342. The highest BCUT2D eigenvalue weighted by Gasteiger charge is 2.16. The predicted octanol–water partition coefficient (Wildman–Crippen LogP) is 3.19. The van der Waals surface area contributed by atoms with Gasteiger partial charge < -0.3 is 4.74 Å². The van der Waals surface area contributed by atoms with Gasteiger partial charge in [-0.15, -0.1) is 0 Å². The fraction of sp³-hybridized carbons (Fsp3) is 0.467. The maximum Gasteiger partial charge on any atom is 0.238 e. The van der Waals surface area contributed by atoms with Crippen molar-refractivity contribution < 1.29 is 13.2 Å². The van der Waals surface area contributed by atoms with E-state index >= 15 is 0 Å². The van der Waals surface area contributed by atoms with Crippen LogP contribution in [0.15, 0.2) is 35.2 Å². The summed E-state index contributed by atoms with van der Waals surface area (Å²) in [4.78, 5) is 0.120. The van der Waals surface area contributed by atoms with Gasteiger partial charge in [0, 0.05) is 0 Å². The van der Waals surface area contributed by atoms with Crippen LogP contribution in [0.25, 0.3) is 0 Å². The first kappa shape index (κ1) is 16.7. The molecule has 0 aromatic heterocycles. The van der Waals surface area contributed by atoms with Gasteiger partial charge >= 0.3 is 0 Å². The van der Waals surface area contributed by atoms with Gasteiger partial charge in [0.05, 0.1) is 4.90 Å². The van der Waals surface area contributed by atoms with Gasteiger partial charge in [-0.3, -0.25) is 0 Å². The number of benzene rings is 1. The molecule has 5 heteroatoms. The highest BCUT2D eigenvalue weighted by atomic mass is 32.2.